The number of rotatable bonds is 9. The van der Waals surface area contributed by atoms with Gasteiger partial charge in [0.15, 0.2) is 5.16 Å². The molecule has 0 fully saturated rings. The number of hydrogen-bond donors (Lipinski definition) is 2. The summed E-state index contributed by atoms with van der Waals surface area (Å²) in [6, 6.07) is 6.47. The van der Waals surface area contributed by atoms with Crippen molar-refractivity contribution in [2.24, 2.45) is 0 Å². The zero-order valence-electron chi connectivity index (χ0n) is 14.5. The standard InChI is InChI=1S/C17H20ClN3O3S2/c1-3-6-25-9-12-8-15(22)21-17(19-12)26-10-16(23)20-13-7-11(18)4-5-14(13)24-2/h4-5,7-8H,3,6,9-10H2,1-2H3,(H,20,23)(H,19,21,22). The number of ether oxygens (including phenoxy) is 1. The van der Waals surface area contributed by atoms with Gasteiger partial charge in [-0.15, -0.1) is 0 Å². The molecule has 1 aromatic carbocycles. The lowest BCUT2D eigenvalue weighted by molar-refractivity contribution is -0.113. The van der Waals surface area contributed by atoms with Crippen molar-refractivity contribution in [1.82, 2.24) is 9.97 Å². The van der Waals surface area contributed by atoms with E-state index in [1.54, 1.807) is 30.0 Å². The van der Waals surface area contributed by atoms with Crippen LogP contribution < -0.4 is 15.6 Å². The maximum Gasteiger partial charge on any atom is 0.251 e. The molecule has 0 bridgehead atoms. The molecule has 1 aromatic heterocycles. The lowest BCUT2D eigenvalue weighted by Crippen LogP contribution is -2.16. The van der Waals surface area contributed by atoms with E-state index in [1.165, 1.54) is 24.9 Å². The molecule has 0 atom stereocenters. The second-order valence-electron chi connectivity index (χ2n) is 5.28. The highest BCUT2D eigenvalue weighted by molar-refractivity contribution is 7.99. The van der Waals surface area contributed by atoms with Crippen LogP contribution in [0.4, 0.5) is 5.69 Å². The Hall–Kier alpha value is -1.64. The van der Waals surface area contributed by atoms with Gasteiger partial charge in [-0.2, -0.15) is 11.8 Å². The van der Waals surface area contributed by atoms with E-state index in [9.17, 15) is 9.59 Å². The quantitative estimate of drug-likeness (QED) is 0.369. The smallest absolute Gasteiger partial charge is 0.251 e. The molecular weight excluding hydrogens is 394 g/mol. The average molecular weight is 414 g/mol. The molecular formula is C17H20ClN3O3S2. The monoisotopic (exact) mass is 413 g/mol. The Morgan fingerprint density at radius 3 is 2.92 bits per heavy atom. The molecule has 1 heterocycles. The minimum absolute atomic E-state index is 0.101. The van der Waals surface area contributed by atoms with Crippen LogP contribution in [0.25, 0.3) is 0 Å². The van der Waals surface area contributed by atoms with Crippen LogP contribution in [0.1, 0.15) is 19.0 Å². The van der Waals surface area contributed by atoms with Gasteiger partial charge in [0, 0.05) is 16.8 Å². The number of aromatic amines is 1. The number of aromatic nitrogens is 2. The number of thioether (sulfide) groups is 2. The van der Waals surface area contributed by atoms with Crippen LogP contribution >= 0.6 is 35.1 Å². The number of benzene rings is 1. The van der Waals surface area contributed by atoms with Gasteiger partial charge in [-0.25, -0.2) is 4.98 Å². The minimum Gasteiger partial charge on any atom is -0.495 e. The van der Waals surface area contributed by atoms with Crippen LogP contribution in [-0.4, -0.2) is 34.5 Å². The highest BCUT2D eigenvalue weighted by atomic mass is 35.5. The molecule has 0 radical (unpaired) electrons. The number of halogens is 1. The fraction of sp³-hybridized carbons (Fsp3) is 0.353. The normalized spacial score (nSPS) is 10.6. The van der Waals surface area contributed by atoms with Crippen LogP contribution in [0.5, 0.6) is 5.75 Å². The Morgan fingerprint density at radius 1 is 1.38 bits per heavy atom. The van der Waals surface area contributed by atoms with E-state index in [-0.39, 0.29) is 17.2 Å². The molecule has 0 aliphatic heterocycles. The fourth-order valence-electron chi connectivity index (χ4n) is 2.04. The summed E-state index contributed by atoms with van der Waals surface area (Å²) >= 11 is 8.85. The first-order valence-electron chi connectivity index (χ1n) is 7.96. The third-order valence-corrected chi connectivity index (χ3v) is 5.45. The molecule has 2 N–H and O–H groups in total. The molecule has 6 nitrogen and oxygen atoms in total. The number of nitrogens with zero attached hydrogens (tertiary/aromatic N) is 1. The lowest BCUT2D eigenvalue weighted by atomic mass is 10.3. The number of carbonyl (C=O) groups is 1. The summed E-state index contributed by atoms with van der Waals surface area (Å²) in [5.41, 5.74) is 0.995. The van der Waals surface area contributed by atoms with Crippen molar-refractivity contribution in [3.63, 3.8) is 0 Å². The first kappa shape index (κ1) is 20.7. The van der Waals surface area contributed by atoms with Crippen LogP contribution in [-0.2, 0) is 10.5 Å². The molecule has 0 saturated carbocycles. The second kappa shape index (κ2) is 10.5. The van der Waals surface area contributed by atoms with Crippen molar-refractivity contribution in [2.45, 2.75) is 24.3 Å². The van der Waals surface area contributed by atoms with Crippen molar-refractivity contribution in [3.05, 3.63) is 45.3 Å². The highest BCUT2D eigenvalue weighted by Crippen LogP contribution is 2.28. The van der Waals surface area contributed by atoms with E-state index in [4.69, 9.17) is 16.3 Å². The zero-order chi connectivity index (χ0) is 18.9. The molecule has 2 aromatic rings. The van der Waals surface area contributed by atoms with Crippen molar-refractivity contribution in [1.29, 1.82) is 0 Å². The third kappa shape index (κ3) is 6.59. The number of nitrogens with one attached hydrogen (secondary N) is 2. The van der Waals surface area contributed by atoms with Gasteiger partial charge in [0.2, 0.25) is 5.91 Å². The Morgan fingerprint density at radius 2 is 2.19 bits per heavy atom. The second-order valence-corrected chi connectivity index (χ2v) is 7.78. The largest absolute Gasteiger partial charge is 0.495 e. The lowest BCUT2D eigenvalue weighted by Gasteiger charge is -2.10. The Labute approximate surface area is 165 Å². The number of H-pyrrole nitrogens is 1. The van der Waals surface area contributed by atoms with Gasteiger partial charge in [-0.1, -0.05) is 30.3 Å². The summed E-state index contributed by atoms with van der Waals surface area (Å²) in [5, 5.41) is 3.68. The van der Waals surface area contributed by atoms with Crippen LogP contribution in [0.2, 0.25) is 5.02 Å². The number of anilines is 1. The third-order valence-electron chi connectivity index (χ3n) is 3.15. The summed E-state index contributed by atoms with van der Waals surface area (Å²) in [6.45, 7) is 2.10. The van der Waals surface area contributed by atoms with E-state index in [0.717, 1.165) is 12.2 Å². The van der Waals surface area contributed by atoms with Gasteiger partial charge in [0.25, 0.3) is 5.56 Å². The Bertz CT molecular complexity index is 814. The maximum atomic E-state index is 12.2. The van der Waals surface area contributed by atoms with Crippen molar-refractivity contribution in [3.8, 4) is 5.75 Å². The van der Waals surface area contributed by atoms with E-state index < -0.39 is 0 Å². The number of carbonyl (C=O) groups excluding carboxylic acids is 1. The predicted octanol–water partition coefficient (Wildman–Crippen LogP) is 3.81. The fourth-order valence-corrected chi connectivity index (χ4v) is 3.70. The van der Waals surface area contributed by atoms with Gasteiger partial charge in [0.05, 0.1) is 24.2 Å². The molecule has 1 amide bonds. The maximum absolute atomic E-state index is 12.2. The van der Waals surface area contributed by atoms with Crippen LogP contribution in [0.3, 0.4) is 0 Å². The molecule has 0 spiro atoms. The van der Waals surface area contributed by atoms with Crippen molar-refractivity contribution >= 4 is 46.7 Å². The molecule has 26 heavy (non-hydrogen) atoms. The van der Waals surface area contributed by atoms with Gasteiger partial charge in [0.1, 0.15) is 5.75 Å². The molecule has 2 rings (SSSR count). The average Bonchev–Trinajstić information content (AvgIpc) is 2.60. The van der Waals surface area contributed by atoms with Crippen LogP contribution in [0.15, 0.2) is 34.2 Å². The molecule has 0 saturated heterocycles. The summed E-state index contributed by atoms with van der Waals surface area (Å²) in [4.78, 5) is 31.0. The molecule has 140 valence electrons. The van der Waals surface area contributed by atoms with Crippen molar-refractivity contribution < 1.29 is 9.53 Å². The Balaban J connectivity index is 1.97. The molecule has 9 heteroatoms. The topological polar surface area (TPSA) is 84.1 Å². The molecule has 0 unspecified atom stereocenters. The molecule has 0 aliphatic carbocycles. The number of methoxy groups -OCH3 is 1. The first-order valence-corrected chi connectivity index (χ1v) is 10.5. The van der Waals surface area contributed by atoms with Gasteiger partial charge in [-0.05, 0) is 30.4 Å². The van der Waals surface area contributed by atoms with Gasteiger partial charge >= 0.3 is 0 Å². The highest BCUT2D eigenvalue weighted by Gasteiger charge is 2.10. The summed E-state index contributed by atoms with van der Waals surface area (Å²) in [7, 11) is 1.52. The van der Waals surface area contributed by atoms with E-state index >= 15 is 0 Å². The van der Waals surface area contributed by atoms with E-state index in [1.807, 2.05) is 0 Å². The number of hydrogen-bond acceptors (Lipinski definition) is 6. The first-order chi connectivity index (χ1) is 12.5. The van der Waals surface area contributed by atoms with Crippen molar-refractivity contribution in [2.75, 3.05) is 23.9 Å². The van der Waals surface area contributed by atoms with E-state index in [0.29, 0.717) is 33.1 Å². The summed E-state index contributed by atoms with van der Waals surface area (Å²) in [6.07, 6.45) is 1.07. The molecule has 0 aliphatic rings. The zero-order valence-corrected chi connectivity index (χ0v) is 16.9. The summed E-state index contributed by atoms with van der Waals surface area (Å²) in [5.74, 6) is 2.07. The minimum atomic E-state index is -0.246. The van der Waals surface area contributed by atoms with E-state index in [2.05, 4.69) is 22.2 Å². The van der Waals surface area contributed by atoms with Gasteiger partial charge in [-0.3, -0.25) is 9.59 Å². The predicted molar refractivity (Wildman–Crippen MR) is 109 cm³/mol. The van der Waals surface area contributed by atoms with Crippen LogP contribution in [0, 0.1) is 0 Å². The number of amides is 1. The SMILES string of the molecule is CCCSCc1cc(=O)[nH]c(SCC(=O)Nc2cc(Cl)ccc2OC)n1. The summed E-state index contributed by atoms with van der Waals surface area (Å²) < 4.78 is 5.20. The Kier molecular flexibility index (Phi) is 8.34. The van der Waals surface area contributed by atoms with Gasteiger partial charge < -0.3 is 15.0 Å².